The number of hydrogen-bond donors (Lipinski definition) is 1. The summed E-state index contributed by atoms with van der Waals surface area (Å²) in [5, 5.41) is 8.06. The van der Waals surface area contributed by atoms with E-state index in [9.17, 15) is 22.4 Å². The summed E-state index contributed by atoms with van der Waals surface area (Å²) >= 11 is 0.935. The molecule has 0 bridgehead atoms. The number of carbonyl (C=O) groups excluding carboxylic acids is 1. The van der Waals surface area contributed by atoms with Gasteiger partial charge in [0.05, 0.1) is 11.3 Å². The summed E-state index contributed by atoms with van der Waals surface area (Å²) < 4.78 is 52.2. The van der Waals surface area contributed by atoms with Crippen molar-refractivity contribution >= 4 is 28.2 Å². The number of carbonyl (C=O) groups is 1. The fourth-order valence-corrected chi connectivity index (χ4v) is 3.00. The lowest BCUT2D eigenvalue weighted by molar-refractivity contribution is -0.139. The van der Waals surface area contributed by atoms with Gasteiger partial charge in [0.25, 0.3) is 0 Å². The highest BCUT2D eigenvalue weighted by atomic mass is 32.1. The highest BCUT2D eigenvalue weighted by Gasteiger charge is 2.35. The lowest BCUT2D eigenvalue weighted by atomic mass is 10.1. The van der Waals surface area contributed by atoms with Crippen molar-refractivity contribution < 1.29 is 22.4 Å². The molecule has 6 nitrogen and oxygen atoms in total. The van der Waals surface area contributed by atoms with Crippen molar-refractivity contribution in [3.8, 4) is 10.6 Å². The molecule has 0 spiro atoms. The predicted octanol–water partition coefficient (Wildman–Crippen LogP) is 3.97. The number of halogens is 4. The van der Waals surface area contributed by atoms with Crippen LogP contribution in [0.2, 0.25) is 0 Å². The Morgan fingerprint density at radius 1 is 1.12 bits per heavy atom. The first kappa shape index (κ1) is 17.7. The Morgan fingerprint density at radius 3 is 2.42 bits per heavy atom. The number of urea groups is 1. The maximum atomic E-state index is 13.5. The van der Waals surface area contributed by atoms with Crippen LogP contribution in [0, 0.1) is 5.82 Å². The standard InChI is InChI=1S/C15H9F4N5OS/c16-11-2-1-9(7-10(11)15(17,18)19)24(13(20)25)14-23-22-12(26-14)8-3-5-21-6-4-8/h1-7H,(H2,20,25). The topological polar surface area (TPSA) is 85.0 Å². The predicted molar refractivity (Wildman–Crippen MR) is 86.3 cm³/mol. The first-order valence-corrected chi connectivity index (χ1v) is 7.79. The van der Waals surface area contributed by atoms with Crippen LogP contribution in [-0.4, -0.2) is 21.2 Å². The van der Waals surface area contributed by atoms with Crippen LogP contribution in [0.4, 0.5) is 33.2 Å². The van der Waals surface area contributed by atoms with E-state index >= 15 is 0 Å². The SMILES string of the molecule is NC(=O)N(c1ccc(F)c(C(F)(F)F)c1)c1nnc(-c2ccncc2)s1. The van der Waals surface area contributed by atoms with Crippen LogP contribution >= 0.6 is 11.3 Å². The zero-order valence-corrected chi connectivity index (χ0v) is 13.6. The molecule has 2 amide bonds. The Kier molecular flexibility index (Phi) is 4.55. The van der Waals surface area contributed by atoms with Crippen LogP contribution < -0.4 is 10.6 Å². The van der Waals surface area contributed by atoms with E-state index in [-0.39, 0.29) is 10.8 Å². The fourth-order valence-electron chi connectivity index (χ4n) is 2.12. The molecule has 26 heavy (non-hydrogen) atoms. The number of alkyl halides is 3. The van der Waals surface area contributed by atoms with E-state index in [1.165, 1.54) is 12.4 Å². The maximum absolute atomic E-state index is 13.5. The van der Waals surface area contributed by atoms with E-state index in [2.05, 4.69) is 15.2 Å². The van der Waals surface area contributed by atoms with Gasteiger partial charge in [0.1, 0.15) is 10.8 Å². The van der Waals surface area contributed by atoms with Crippen LogP contribution in [0.25, 0.3) is 10.6 Å². The van der Waals surface area contributed by atoms with E-state index in [1.807, 2.05) is 0 Å². The zero-order valence-electron chi connectivity index (χ0n) is 12.7. The third-order valence-electron chi connectivity index (χ3n) is 3.27. The molecule has 2 N–H and O–H groups in total. The minimum Gasteiger partial charge on any atom is -0.351 e. The Labute approximate surface area is 147 Å². The smallest absolute Gasteiger partial charge is 0.351 e. The van der Waals surface area contributed by atoms with Crippen LogP contribution in [-0.2, 0) is 6.18 Å². The van der Waals surface area contributed by atoms with Crippen molar-refractivity contribution in [3.63, 3.8) is 0 Å². The van der Waals surface area contributed by atoms with Gasteiger partial charge in [0.15, 0.2) is 0 Å². The van der Waals surface area contributed by atoms with Gasteiger partial charge in [-0.3, -0.25) is 4.98 Å². The second-order valence-corrected chi connectivity index (χ2v) is 5.92. The molecular weight excluding hydrogens is 374 g/mol. The molecule has 3 rings (SSSR count). The number of rotatable bonds is 3. The van der Waals surface area contributed by atoms with Gasteiger partial charge >= 0.3 is 12.2 Å². The Balaban J connectivity index is 2.04. The van der Waals surface area contributed by atoms with E-state index in [4.69, 9.17) is 5.73 Å². The first-order chi connectivity index (χ1) is 12.3. The summed E-state index contributed by atoms with van der Waals surface area (Å²) in [7, 11) is 0. The number of anilines is 2. The Morgan fingerprint density at radius 2 is 1.81 bits per heavy atom. The van der Waals surface area contributed by atoms with E-state index in [1.54, 1.807) is 12.1 Å². The van der Waals surface area contributed by atoms with Crippen LogP contribution in [0.15, 0.2) is 42.7 Å². The van der Waals surface area contributed by atoms with Crippen molar-refractivity contribution in [3.05, 3.63) is 54.1 Å². The molecule has 0 fully saturated rings. The highest BCUT2D eigenvalue weighted by Crippen LogP contribution is 2.37. The normalized spacial score (nSPS) is 11.4. The molecule has 0 saturated heterocycles. The summed E-state index contributed by atoms with van der Waals surface area (Å²) in [6, 6.07) is 4.33. The summed E-state index contributed by atoms with van der Waals surface area (Å²) in [6.07, 6.45) is -1.87. The number of benzene rings is 1. The molecule has 1 aromatic carbocycles. The third-order valence-corrected chi connectivity index (χ3v) is 4.22. The van der Waals surface area contributed by atoms with Crippen molar-refractivity contribution in [2.24, 2.45) is 5.73 Å². The van der Waals surface area contributed by atoms with Crippen molar-refractivity contribution in [2.75, 3.05) is 4.90 Å². The van der Waals surface area contributed by atoms with E-state index in [0.717, 1.165) is 22.3 Å². The number of nitrogens with two attached hydrogens (primary N) is 1. The third kappa shape index (κ3) is 3.47. The van der Waals surface area contributed by atoms with Gasteiger partial charge in [0.2, 0.25) is 5.13 Å². The maximum Gasteiger partial charge on any atom is 0.419 e. The average molecular weight is 383 g/mol. The van der Waals surface area contributed by atoms with Crippen molar-refractivity contribution in [1.82, 2.24) is 15.2 Å². The minimum atomic E-state index is -4.92. The van der Waals surface area contributed by atoms with Gasteiger partial charge in [-0.1, -0.05) is 11.3 Å². The summed E-state index contributed by atoms with van der Waals surface area (Å²) in [4.78, 5) is 16.4. The van der Waals surface area contributed by atoms with Gasteiger partial charge in [-0.15, -0.1) is 10.2 Å². The largest absolute Gasteiger partial charge is 0.419 e. The van der Waals surface area contributed by atoms with Gasteiger partial charge in [-0.25, -0.2) is 14.1 Å². The van der Waals surface area contributed by atoms with Crippen molar-refractivity contribution in [1.29, 1.82) is 0 Å². The van der Waals surface area contributed by atoms with Gasteiger partial charge in [0, 0.05) is 18.0 Å². The van der Waals surface area contributed by atoms with Crippen molar-refractivity contribution in [2.45, 2.75) is 6.18 Å². The number of aromatic nitrogens is 3. The highest BCUT2D eigenvalue weighted by molar-refractivity contribution is 7.18. The number of hydrogen-bond acceptors (Lipinski definition) is 5. The summed E-state index contributed by atoms with van der Waals surface area (Å²) in [6.45, 7) is 0. The molecule has 2 aromatic heterocycles. The second-order valence-electron chi connectivity index (χ2n) is 4.96. The number of amides is 2. The molecule has 134 valence electrons. The molecule has 0 atom stereocenters. The number of primary amides is 1. The number of pyridine rings is 1. The lowest BCUT2D eigenvalue weighted by Crippen LogP contribution is -2.31. The molecule has 0 aliphatic rings. The van der Waals surface area contributed by atoms with Crippen LogP contribution in [0.3, 0.4) is 0 Å². The average Bonchev–Trinajstić information content (AvgIpc) is 3.05. The lowest BCUT2D eigenvalue weighted by Gasteiger charge is -2.18. The minimum absolute atomic E-state index is 0.0518. The van der Waals surface area contributed by atoms with E-state index in [0.29, 0.717) is 22.7 Å². The molecule has 2 heterocycles. The molecule has 0 radical (unpaired) electrons. The van der Waals surface area contributed by atoms with Crippen LogP contribution in [0.5, 0.6) is 0 Å². The molecule has 0 unspecified atom stereocenters. The molecular formula is C15H9F4N5OS. The van der Waals surface area contributed by atoms with Gasteiger partial charge in [-0.2, -0.15) is 13.2 Å². The quantitative estimate of drug-likeness (QED) is 0.694. The second kappa shape index (κ2) is 6.67. The van der Waals surface area contributed by atoms with Gasteiger partial charge in [-0.05, 0) is 30.3 Å². The molecule has 3 aromatic rings. The Hall–Kier alpha value is -3.08. The summed E-state index contributed by atoms with van der Waals surface area (Å²) in [5.41, 5.74) is 4.15. The molecule has 11 heteroatoms. The van der Waals surface area contributed by atoms with E-state index < -0.39 is 23.6 Å². The number of nitrogens with zero attached hydrogens (tertiary/aromatic N) is 4. The monoisotopic (exact) mass is 383 g/mol. The molecule has 0 saturated carbocycles. The van der Waals surface area contributed by atoms with Gasteiger partial charge < -0.3 is 5.73 Å². The molecule has 0 aliphatic carbocycles. The first-order valence-electron chi connectivity index (χ1n) is 6.97. The Bertz CT molecular complexity index is 945. The molecule has 0 aliphatic heterocycles. The zero-order chi connectivity index (χ0) is 18.9. The fraction of sp³-hybridized carbons (Fsp3) is 0.0667. The summed E-state index contributed by atoms with van der Waals surface area (Å²) in [5.74, 6) is -1.46. The van der Waals surface area contributed by atoms with Crippen LogP contribution in [0.1, 0.15) is 5.56 Å².